The van der Waals surface area contributed by atoms with Crippen LogP contribution in [0.1, 0.15) is 32.3 Å². The van der Waals surface area contributed by atoms with E-state index in [2.05, 4.69) is 10.4 Å². The highest BCUT2D eigenvalue weighted by atomic mass is 16.4. The second-order valence-corrected chi connectivity index (χ2v) is 6.36. The summed E-state index contributed by atoms with van der Waals surface area (Å²) in [5, 5.41) is 17.1. The lowest BCUT2D eigenvalue weighted by Crippen LogP contribution is -2.43. The van der Waals surface area contributed by atoms with Crippen LogP contribution >= 0.6 is 0 Å². The molecule has 1 aliphatic rings. The van der Waals surface area contributed by atoms with Crippen LogP contribution in [-0.2, 0) is 20.9 Å². The summed E-state index contributed by atoms with van der Waals surface area (Å²) < 4.78 is 0. The summed E-state index contributed by atoms with van der Waals surface area (Å²) in [5.74, 6) is -1.56. The summed E-state index contributed by atoms with van der Waals surface area (Å²) in [6, 6.07) is 9.39. The molecular weight excluding hydrogens is 310 g/mol. The van der Waals surface area contributed by atoms with Crippen molar-refractivity contribution in [1.82, 2.24) is 10.3 Å². The molecule has 0 spiro atoms. The third kappa shape index (κ3) is 4.41. The highest BCUT2D eigenvalue weighted by Crippen LogP contribution is 2.15. The lowest BCUT2D eigenvalue weighted by Gasteiger charge is -2.24. The number of carboxylic acid groups (broad SMARTS) is 1. The maximum absolute atomic E-state index is 12.2. The van der Waals surface area contributed by atoms with E-state index in [0.717, 1.165) is 5.56 Å². The van der Waals surface area contributed by atoms with Crippen molar-refractivity contribution in [2.24, 2.45) is 10.5 Å². The smallest absolute Gasteiger partial charge is 0.310 e. The Morgan fingerprint density at radius 2 is 1.92 bits per heavy atom. The Hall–Kier alpha value is -2.70. The third-order valence-electron chi connectivity index (χ3n) is 3.81. The minimum absolute atomic E-state index is 0.00712. The average Bonchev–Trinajstić information content (AvgIpc) is 2.55. The first-order chi connectivity index (χ1) is 11.3. The van der Waals surface area contributed by atoms with E-state index in [1.807, 2.05) is 30.3 Å². The van der Waals surface area contributed by atoms with Crippen LogP contribution in [0.3, 0.4) is 0 Å². The van der Waals surface area contributed by atoms with Gasteiger partial charge in [0.1, 0.15) is 5.71 Å². The van der Waals surface area contributed by atoms with Gasteiger partial charge in [0, 0.05) is 19.4 Å². The number of hydrogen-bond donors (Lipinski definition) is 2. The average molecular weight is 331 g/mol. The first kappa shape index (κ1) is 17.7. The summed E-state index contributed by atoms with van der Waals surface area (Å²) >= 11 is 0. The van der Waals surface area contributed by atoms with Gasteiger partial charge in [0.15, 0.2) is 0 Å². The van der Waals surface area contributed by atoms with E-state index >= 15 is 0 Å². The molecule has 0 aliphatic carbocycles. The number of nitrogens with zero attached hydrogens (tertiary/aromatic N) is 2. The molecule has 1 heterocycles. The van der Waals surface area contributed by atoms with Crippen LogP contribution in [-0.4, -0.2) is 40.2 Å². The minimum Gasteiger partial charge on any atom is -0.481 e. The molecule has 2 N–H and O–H groups in total. The second kappa shape index (κ2) is 7.25. The number of carboxylic acids is 1. The normalized spacial score (nSPS) is 15.0. The van der Waals surface area contributed by atoms with Crippen molar-refractivity contribution in [2.45, 2.75) is 33.2 Å². The molecule has 0 radical (unpaired) electrons. The van der Waals surface area contributed by atoms with Crippen LogP contribution in [0.2, 0.25) is 0 Å². The molecule has 0 saturated heterocycles. The quantitative estimate of drug-likeness (QED) is 0.823. The predicted octanol–water partition coefficient (Wildman–Crippen LogP) is 1.39. The number of hydrazone groups is 1. The number of aliphatic carboxylic acids is 1. The van der Waals surface area contributed by atoms with Crippen LogP contribution in [0.15, 0.2) is 35.4 Å². The Labute approximate surface area is 140 Å². The zero-order valence-corrected chi connectivity index (χ0v) is 13.8. The molecule has 0 fully saturated rings. The lowest BCUT2D eigenvalue weighted by molar-refractivity contribution is -0.146. The standard InChI is InChI=1S/C17H21N3O4/c1-17(2,16(23)24)11-18-15(22)13-8-9-14(21)20(19-13)10-12-6-4-3-5-7-12/h3-7H,8-11H2,1-2H3,(H,18,22)(H,23,24). The molecule has 2 amide bonds. The molecule has 0 aromatic heterocycles. The molecule has 24 heavy (non-hydrogen) atoms. The molecule has 7 nitrogen and oxygen atoms in total. The summed E-state index contributed by atoms with van der Waals surface area (Å²) in [4.78, 5) is 35.3. The number of amides is 2. The number of carbonyl (C=O) groups is 3. The fraction of sp³-hybridized carbons (Fsp3) is 0.412. The molecule has 1 aliphatic heterocycles. The molecule has 2 rings (SSSR count). The number of benzene rings is 1. The molecule has 0 saturated carbocycles. The topological polar surface area (TPSA) is 99.1 Å². The van der Waals surface area contributed by atoms with Gasteiger partial charge in [-0.05, 0) is 19.4 Å². The number of carbonyl (C=O) groups excluding carboxylic acids is 2. The van der Waals surface area contributed by atoms with Gasteiger partial charge in [-0.1, -0.05) is 30.3 Å². The van der Waals surface area contributed by atoms with E-state index in [9.17, 15) is 14.4 Å². The van der Waals surface area contributed by atoms with Crippen LogP contribution in [0.25, 0.3) is 0 Å². The van der Waals surface area contributed by atoms with Crippen LogP contribution in [0.4, 0.5) is 0 Å². The van der Waals surface area contributed by atoms with E-state index in [4.69, 9.17) is 5.11 Å². The monoisotopic (exact) mass is 331 g/mol. The van der Waals surface area contributed by atoms with Gasteiger partial charge in [-0.25, -0.2) is 5.01 Å². The van der Waals surface area contributed by atoms with Crippen molar-refractivity contribution < 1.29 is 19.5 Å². The van der Waals surface area contributed by atoms with Crippen LogP contribution in [0, 0.1) is 5.41 Å². The van der Waals surface area contributed by atoms with Gasteiger partial charge >= 0.3 is 5.97 Å². The first-order valence-corrected chi connectivity index (χ1v) is 7.73. The fourth-order valence-corrected chi connectivity index (χ4v) is 2.12. The lowest BCUT2D eigenvalue weighted by atomic mass is 9.94. The zero-order valence-electron chi connectivity index (χ0n) is 13.8. The third-order valence-corrected chi connectivity index (χ3v) is 3.81. The van der Waals surface area contributed by atoms with Gasteiger partial charge in [-0.2, -0.15) is 5.10 Å². The SMILES string of the molecule is CC(C)(CNC(=O)C1=NN(Cc2ccccc2)C(=O)CC1)C(=O)O. The first-order valence-electron chi connectivity index (χ1n) is 7.73. The molecule has 1 aromatic carbocycles. The number of nitrogens with one attached hydrogen (secondary N) is 1. The highest BCUT2D eigenvalue weighted by molar-refractivity contribution is 6.39. The molecule has 1 aromatic rings. The second-order valence-electron chi connectivity index (χ2n) is 6.36. The molecule has 0 atom stereocenters. The Morgan fingerprint density at radius 3 is 2.54 bits per heavy atom. The fourth-order valence-electron chi connectivity index (χ4n) is 2.12. The molecular formula is C17H21N3O4. The van der Waals surface area contributed by atoms with Crippen molar-refractivity contribution in [2.75, 3.05) is 6.54 Å². The Kier molecular flexibility index (Phi) is 5.33. The van der Waals surface area contributed by atoms with Gasteiger partial charge in [0.2, 0.25) is 5.91 Å². The Morgan fingerprint density at radius 1 is 1.25 bits per heavy atom. The van der Waals surface area contributed by atoms with Crippen molar-refractivity contribution in [3.63, 3.8) is 0 Å². The van der Waals surface area contributed by atoms with Crippen LogP contribution in [0.5, 0.6) is 0 Å². The molecule has 0 unspecified atom stereocenters. The van der Waals surface area contributed by atoms with Crippen LogP contribution < -0.4 is 5.32 Å². The molecule has 7 heteroatoms. The van der Waals surface area contributed by atoms with Crippen molar-refractivity contribution in [1.29, 1.82) is 0 Å². The number of hydrogen-bond acceptors (Lipinski definition) is 4. The van der Waals surface area contributed by atoms with Gasteiger partial charge in [0.05, 0.1) is 12.0 Å². The summed E-state index contributed by atoms with van der Waals surface area (Å²) in [5.41, 5.74) is 0.0970. The van der Waals surface area contributed by atoms with Crippen molar-refractivity contribution in [3.8, 4) is 0 Å². The molecule has 0 bridgehead atoms. The summed E-state index contributed by atoms with van der Waals surface area (Å²) in [6.07, 6.45) is 0.463. The van der Waals surface area contributed by atoms with E-state index in [0.29, 0.717) is 6.54 Å². The van der Waals surface area contributed by atoms with E-state index < -0.39 is 17.3 Å². The van der Waals surface area contributed by atoms with Gasteiger partial charge in [0.25, 0.3) is 5.91 Å². The van der Waals surface area contributed by atoms with Gasteiger partial charge < -0.3 is 10.4 Å². The maximum atomic E-state index is 12.2. The summed E-state index contributed by atoms with van der Waals surface area (Å²) in [6.45, 7) is 3.36. The van der Waals surface area contributed by atoms with E-state index in [1.165, 1.54) is 18.9 Å². The van der Waals surface area contributed by atoms with Crippen molar-refractivity contribution >= 4 is 23.5 Å². The summed E-state index contributed by atoms with van der Waals surface area (Å²) in [7, 11) is 0. The van der Waals surface area contributed by atoms with Gasteiger partial charge in [-0.15, -0.1) is 0 Å². The Balaban J connectivity index is 2.04. The molecule has 128 valence electrons. The van der Waals surface area contributed by atoms with E-state index in [1.54, 1.807) is 0 Å². The predicted molar refractivity (Wildman–Crippen MR) is 88.1 cm³/mol. The van der Waals surface area contributed by atoms with E-state index in [-0.39, 0.29) is 31.0 Å². The van der Waals surface area contributed by atoms with Gasteiger partial charge in [-0.3, -0.25) is 14.4 Å². The largest absolute Gasteiger partial charge is 0.481 e. The highest BCUT2D eigenvalue weighted by Gasteiger charge is 2.30. The van der Waals surface area contributed by atoms with Crippen molar-refractivity contribution in [3.05, 3.63) is 35.9 Å². The maximum Gasteiger partial charge on any atom is 0.310 e. The minimum atomic E-state index is -1.07. The Bertz CT molecular complexity index is 668. The number of rotatable bonds is 6. The zero-order chi connectivity index (χ0) is 17.7.